The molecule has 1 aromatic carbocycles. The second-order valence-corrected chi connectivity index (χ2v) is 8.34. The molecule has 0 saturated heterocycles. The fourth-order valence-electron chi connectivity index (χ4n) is 4.10. The van der Waals surface area contributed by atoms with E-state index in [2.05, 4.69) is 21.0 Å². The van der Waals surface area contributed by atoms with Gasteiger partial charge in [-0.1, -0.05) is 12.8 Å². The van der Waals surface area contributed by atoms with Crippen LogP contribution in [-0.4, -0.2) is 40.2 Å². The minimum Gasteiger partial charge on any atom is -0.494 e. The lowest BCUT2D eigenvalue weighted by Gasteiger charge is -2.17. The highest BCUT2D eigenvalue weighted by Crippen LogP contribution is 2.26. The van der Waals surface area contributed by atoms with Crippen molar-refractivity contribution in [2.24, 2.45) is 0 Å². The lowest BCUT2D eigenvalue weighted by molar-refractivity contribution is -0.122. The van der Waals surface area contributed by atoms with E-state index in [1.165, 1.54) is 17.5 Å². The molecular formula is C23H29N5O4. The maximum atomic E-state index is 12.2. The average Bonchev–Trinajstić information content (AvgIpc) is 3.43. The lowest BCUT2D eigenvalue weighted by atomic mass is 10.0. The van der Waals surface area contributed by atoms with Crippen molar-refractivity contribution in [3.05, 3.63) is 36.2 Å². The van der Waals surface area contributed by atoms with Crippen LogP contribution in [0.3, 0.4) is 0 Å². The molecule has 0 radical (unpaired) electrons. The number of aromatic nitrogens is 2. The summed E-state index contributed by atoms with van der Waals surface area (Å²) in [5.41, 5.74) is 2.47. The maximum absolute atomic E-state index is 12.2. The molecule has 0 atom stereocenters. The molecule has 9 heteroatoms. The molecule has 9 nitrogen and oxygen atoms in total. The number of benzene rings is 1. The molecule has 1 fully saturated rings. The number of ether oxygens (including phenoxy) is 1. The Hall–Kier alpha value is -3.36. The predicted octanol–water partition coefficient (Wildman–Crippen LogP) is 2.62. The van der Waals surface area contributed by atoms with E-state index in [1.807, 2.05) is 18.2 Å². The molecule has 0 spiro atoms. The first-order valence-corrected chi connectivity index (χ1v) is 11.2. The minimum absolute atomic E-state index is 0.0371. The second kappa shape index (κ2) is 10.3. The van der Waals surface area contributed by atoms with Crippen LogP contribution in [0.5, 0.6) is 5.75 Å². The van der Waals surface area contributed by atoms with E-state index < -0.39 is 0 Å². The molecule has 0 bridgehead atoms. The van der Waals surface area contributed by atoms with Gasteiger partial charge in [0.05, 0.1) is 18.5 Å². The number of rotatable bonds is 9. The molecule has 4 rings (SSSR count). The number of nitrogens with one attached hydrogen (secondary N) is 3. The summed E-state index contributed by atoms with van der Waals surface area (Å²) in [5, 5.41) is 12.8. The smallest absolute Gasteiger partial charge is 0.241 e. The van der Waals surface area contributed by atoms with Gasteiger partial charge in [-0.25, -0.2) is 0 Å². The van der Waals surface area contributed by atoms with E-state index in [0.29, 0.717) is 38.0 Å². The van der Waals surface area contributed by atoms with Gasteiger partial charge in [0.1, 0.15) is 12.3 Å². The van der Waals surface area contributed by atoms with Gasteiger partial charge < -0.3 is 20.7 Å². The number of aryl methyl sites for hydroxylation is 1. The molecule has 170 valence electrons. The summed E-state index contributed by atoms with van der Waals surface area (Å²) in [4.78, 5) is 35.7. The zero-order valence-electron chi connectivity index (χ0n) is 18.1. The summed E-state index contributed by atoms with van der Waals surface area (Å²) in [7, 11) is 0. The number of hydrogen-bond acceptors (Lipinski definition) is 5. The number of fused-ring (bicyclic) bond motifs is 1. The summed E-state index contributed by atoms with van der Waals surface area (Å²) < 4.78 is 7.28. The van der Waals surface area contributed by atoms with E-state index in [0.717, 1.165) is 29.8 Å². The third kappa shape index (κ3) is 6.09. The van der Waals surface area contributed by atoms with Crippen molar-refractivity contribution in [1.29, 1.82) is 0 Å². The molecule has 3 amide bonds. The van der Waals surface area contributed by atoms with Crippen LogP contribution in [-0.2, 0) is 27.3 Å². The molecule has 1 aliphatic heterocycles. The van der Waals surface area contributed by atoms with Gasteiger partial charge in [-0.05, 0) is 49.4 Å². The molecule has 2 aliphatic rings. The molecule has 1 aliphatic carbocycles. The van der Waals surface area contributed by atoms with E-state index in [1.54, 1.807) is 12.4 Å². The highest BCUT2D eigenvalue weighted by molar-refractivity contribution is 5.94. The quantitative estimate of drug-likeness (QED) is 0.520. The first kappa shape index (κ1) is 21.9. The van der Waals surface area contributed by atoms with Crippen molar-refractivity contribution < 1.29 is 19.1 Å². The Morgan fingerprint density at radius 1 is 1.19 bits per heavy atom. The summed E-state index contributed by atoms with van der Waals surface area (Å²) in [6.45, 7) is 0.559. The van der Waals surface area contributed by atoms with Crippen LogP contribution in [0.2, 0.25) is 0 Å². The number of carbonyl (C=O) groups is 3. The van der Waals surface area contributed by atoms with Gasteiger partial charge in [0.25, 0.3) is 0 Å². The Bertz CT molecular complexity index is 981. The van der Waals surface area contributed by atoms with E-state index in [-0.39, 0.29) is 30.3 Å². The van der Waals surface area contributed by atoms with Crippen molar-refractivity contribution in [2.45, 2.75) is 64.0 Å². The highest BCUT2D eigenvalue weighted by Gasteiger charge is 2.18. The monoisotopic (exact) mass is 439 g/mol. The first-order chi connectivity index (χ1) is 15.5. The lowest BCUT2D eigenvalue weighted by Crippen LogP contribution is -2.35. The fraction of sp³-hybridized carbons (Fsp3) is 0.478. The van der Waals surface area contributed by atoms with Crippen LogP contribution < -0.4 is 20.7 Å². The number of anilines is 2. The second-order valence-electron chi connectivity index (χ2n) is 8.34. The largest absolute Gasteiger partial charge is 0.494 e. The van der Waals surface area contributed by atoms with Gasteiger partial charge >= 0.3 is 0 Å². The number of nitrogens with zero attached hydrogens (tertiary/aromatic N) is 2. The van der Waals surface area contributed by atoms with Gasteiger partial charge in [0.2, 0.25) is 17.7 Å². The van der Waals surface area contributed by atoms with Crippen molar-refractivity contribution >= 4 is 29.1 Å². The standard InChI is InChI=1S/C23H29N5O4/c29-21(6-3-11-32-19-8-9-20-16(12-19)7-10-22(30)27-20)26-18-13-24-28(14-18)15-23(31)25-17-4-1-2-5-17/h8-9,12-14,17H,1-7,10-11,15H2,(H,25,31)(H,26,29)(H,27,30). The van der Waals surface area contributed by atoms with Crippen LogP contribution >= 0.6 is 0 Å². The van der Waals surface area contributed by atoms with Crippen LogP contribution in [0.15, 0.2) is 30.6 Å². The van der Waals surface area contributed by atoms with Crippen LogP contribution in [0, 0.1) is 0 Å². The normalized spacial score (nSPS) is 15.7. The van der Waals surface area contributed by atoms with E-state index in [9.17, 15) is 14.4 Å². The van der Waals surface area contributed by atoms with Gasteiger partial charge in [-0.2, -0.15) is 5.10 Å². The Morgan fingerprint density at radius 3 is 2.88 bits per heavy atom. The molecule has 0 unspecified atom stereocenters. The molecule has 32 heavy (non-hydrogen) atoms. The topological polar surface area (TPSA) is 114 Å². The summed E-state index contributed by atoms with van der Waals surface area (Å²) in [6.07, 6.45) is 9.70. The summed E-state index contributed by atoms with van der Waals surface area (Å²) in [6, 6.07) is 5.88. The number of carbonyl (C=O) groups excluding carboxylic acids is 3. The first-order valence-electron chi connectivity index (χ1n) is 11.2. The third-order valence-corrected chi connectivity index (χ3v) is 5.73. The van der Waals surface area contributed by atoms with Crippen molar-refractivity contribution in [2.75, 3.05) is 17.2 Å². The third-order valence-electron chi connectivity index (χ3n) is 5.73. The predicted molar refractivity (Wildman–Crippen MR) is 119 cm³/mol. The molecule has 2 heterocycles. The van der Waals surface area contributed by atoms with Gasteiger partial charge in [-0.3, -0.25) is 19.1 Å². The number of amides is 3. The average molecular weight is 440 g/mol. The van der Waals surface area contributed by atoms with Gasteiger partial charge in [-0.15, -0.1) is 0 Å². The fourth-order valence-corrected chi connectivity index (χ4v) is 4.10. The van der Waals surface area contributed by atoms with Crippen molar-refractivity contribution in [1.82, 2.24) is 15.1 Å². The Balaban J connectivity index is 1.15. The van der Waals surface area contributed by atoms with Crippen molar-refractivity contribution in [3.63, 3.8) is 0 Å². The molecule has 1 aromatic heterocycles. The zero-order chi connectivity index (χ0) is 22.3. The van der Waals surface area contributed by atoms with Gasteiger partial charge in [0, 0.05) is 30.8 Å². The Kier molecular flexibility index (Phi) is 7.03. The summed E-state index contributed by atoms with van der Waals surface area (Å²) >= 11 is 0. The van der Waals surface area contributed by atoms with Crippen LogP contribution in [0.1, 0.15) is 50.5 Å². The summed E-state index contributed by atoms with van der Waals surface area (Å²) in [5.74, 6) is 0.587. The maximum Gasteiger partial charge on any atom is 0.241 e. The van der Waals surface area contributed by atoms with E-state index >= 15 is 0 Å². The number of hydrogen-bond donors (Lipinski definition) is 3. The highest BCUT2D eigenvalue weighted by atomic mass is 16.5. The zero-order valence-corrected chi connectivity index (χ0v) is 18.1. The van der Waals surface area contributed by atoms with Gasteiger partial charge in [0.15, 0.2) is 0 Å². The van der Waals surface area contributed by atoms with Crippen LogP contribution in [0.4, 0.5) is 11.4 Å². The molecule has 3 N–H and O–H groups in total. The minimum atomic E-state index is -0.128. The van der Waals surface area contributed by atoms with E-state index in [4.69, 9.17) is 4.74 Å². The molecule has 1 saturated carbocycles. The Morgan fingerprint density at radius 2 is 2.03 bits per heavy atom. The molecular weight excluding hydrogens is 410 g/mol. The molecule has 2 aromatic rings. The Labute approximate surface area is 186 Å². The van der Waals surface area contributed by atoms with Crippen LogP contribution in [0.25, 0.3) is 0 Å². The van der Waals surface area contributed by atoms with Crippen molar-refractivity contribution in [3.8, 4) is 5.75 Å². The SMILES string of the molecule is O=C(CCCOc1ccc2c(c1)CCC(=O)N2)Nc1cnn(CC(=O)NC2CCCC2)c1.